The van der Waals surface area contributed by atoms with Gasteiger partial charge in [0.15, 0.2) is 0 Å². The van der Waals surface area contributed by atoms with E-state index in [1.807, 2.05) is 56.3 Å². The number of carbonyl (C=O) groups is 1. The van der Waals surface area contributed by atoms with Crippen molar-refractivity contribution in [1.82, 2.24) is 14.8 Å². The van der Waals surface area contributed by atoms with Crippen LogP contribution in [0, 0.1) is 20.8 Å². The number of benzene rings is 3. The Kier molecular flexibility index (Phi) is 8.26. The molecule has 8 heteroatoms. The molecule has 0 bridgehead atoms. The Bertz CT molecular complexity index is 1540. The van der Waals surface area contributed by atoms with Gasteiger partial charge in [0, 0.05) is 11.4 Å². The van der Waals surface area contributed by atoms with Gasteiger partial charge in [0.05, 0.1) is 12.2 Å². The van der Waals surface area contributed by atoms with Crippen molar-refractivity contribution in [1.29, 1.82) is 0 Å². The number of allylic oxidation sites excluding steroid dienone is 1. The van der Waals surface area contributed by atoms with Gasteiger partial charge in [-0.25, -0.2) is 9.48 Å². The normalized spacial score (nSPS) is 14.5. The molecule has 0 amide bonds. The van der Waals surface area contributed by atoms with Gasteiger partial charge in [0.1, 0.15) is 18.4 Å². The lowest BCUT2D eigenvalue weighted by Crippen LogP contribution is -2.29. The molecule has 1 aliphatic rings. The molecular formula is C32H34N4O3S. The van der Waals surface area contributed by atoms with Crippen LogP contribution in [-0.4, -0.2) is 27.3 Å². The third kappa shape index (κ3) is 5.92. The molecule has 3 aromatic carbocycles. The van der Waals surface area contributed by atoms with Crippen molar-refractivity contribution in [2.75, 3.05) is 11.9 Å². The summed E-state index contributed by atoms with van der Waals surface area (Å²) in [5.74, 6) is 1.73. The van der Waals surface area contributed by atoms with Gasteiger partial charge in [0.2, 0.25) is 11.1 Å². The first-order chi connectivity index (χ1) is 19.3. The molecule has 1 aromatic heterocycles. The maximum absolute atomic E-state index is 13.1. The van der Waals surface area contributed by atoms with E-state index in [0.29, 0.717) is 29.0 Å². The van der Waals surface area contributed by atoms with Crippen LogP contribution in [0.3, 0.4) is 0 Å². The third-order valence-corrected chi connectivity index (χ3v) is 7.99. The number of rotatable bonds is 9. The highest BCUT2D eigenvalue weighted by Crippen LogP contribution is 2.37. The number of thioether (sulfide) groups is 1. The summed E-state index contributed by atoms with van der Waals surface area (Å²) in [7, 11) is 0. The highest BCUT2D eigenvalue weighted by Gasteiger charge is 2.35. The van der Waals surface area contributed by atoms with E-state index in [1.165, 1.54) is 27.8 Å². The first-order valence-electron chi connectivity index (χ1n) is 13.4. The van der Waals surface area contributed by atoms with Crippen LogP contribution in [0.2, 0.25) is 0 Å². The van der Waals surface area contributed by atoms with E-state index < -0.39 is 6.04 Å². The third-order valence-electron chi connectivity index (χ3n) is 7.08. The number of aromatic nitrogens is 3. The van der Waals surface area contributed by atoms with Gasteiger partial charge in [-0.15, -0.1) is 5.10 Å². The Balaban J connectivity index is 1.40. The van der Waals surface area contributed by atoms with Gasteiger partial charge in [-0.3, -0.25) is 0 Å². The molecule has 0 aliphatic carbocycles. The fourth-order valence-electron chi connectivity index (χ4n) is 4.78. The second-order valence-corrected chi connectivity index (χ2v) is 10.9. The van der Waals surface area contributed by atoms with E-state index in [1.54, 1.807) is 16.4 Å². The number of fused-ring (bicyclic) bond motifs is 1. The lowest BCUT2D eigenvalue weighted by Gasteiger charge is -2.28. The standard InChI is InChI=1S/C32H34N4O3S/c1-6-38-30(37)28-23(5)33-31-34-32(40-19-24-10-8-7-9-11-24)35-36(31)29(28)25-12-14-27(15-13-25)39-18-26-17-21(3)20(2)16-22(26)4/h7-17,29H,6,18-19H2,1-5H3,(H,33,34,35). The summed E-state index contributed by atoms with van der Waals surface area (Å²) < 4.78 is 13.4. The summed E-state index contributed by atoms with van der Waals surface area (Å²) in [5, 5.41) is 8.71. The van der Waals surface area contributed by atoms with Gasteiger partial charge in [-0.2, -0.15) is 4.98 Å². The van der Waals surface area contributed by atoms with E-state index in [2.05, 4.69) is 50.4 Å². The maximum atomic E-state index is 13.1. The zero-order valence-corrected chi connectivity index (χ0v) is 24.3. The predicted molar refractivity (Wildman–Crippen MR) is 159 cm³/mol. The van der Waals surface area contributed by atoms with Crippen molar-refractivity contribution in [3.8, 4) is 5.75 Å². The molecule has 5 rings (SSSR count). The Morgan fingerprint density at radius 3 is 2.42 bits per heavy atom. The summed E-state index contributed by atoms with van der Waals surface area (Å²) in [6, 6.07) is 21.9. The zero-order valence-electron chi connectivity index (χ0n) is 23.5. The summed E-state index contributed by atoms with van der Waals surface area (Å²) >= 11 is 1.56. The van der Waals surface area contributed by atoms with Crippen LogP contribution >= 0.6 is 11.8 Å². The Morgan fingerprint density at radius 2 is 1.70 bits per heavy atom. The molecule has 4 aromatic rings. The van der Waals surface area contributed by atoms with Crippen molar-refractivity contribution in [2.24, 2.45) is 0 Å². The number of ether oxygens (including phenoxy) is 2. The molecule has 1 unspecified atom stereocenters. The average Bonchev–Trinajstić information content (AvgIpc) is 3.36. The minimum Gasteiger partial charge on any atom is -0.489 e. The van der Waals surface area contributed by atoms with E-state index in [0.717, 1.165) is 17.1 Å². The predicted octanol–water partition coefficient (Wildman–Crippen LogP) is 6.93. The van der Waals surface area contributed by atoms with Crippen LogP contribution in [0.4, 0.5) is 5.95 Å². The number of nitrogens with one attached hydrogen (secondary N) is 1. The van der Waals surface area contributed by atoms with Crippen molar-refractivity contribution in [3.05, 3.63) is 111 Å². The number of carbonyl (C=O) groups excluding carboxylic acids is 1. The van der Waals surface area contributed by atoms with Crippen LogP contribution in [0.1, 0.15) is 53.3 Å². The summed E-state index contributed by atoms with van der Waals surface area (Å²) in [6.07, 6.45) is 0. The molecular weight excluding hydrogens is 520 g/mol. The number of nitrogens with zero attached hydrogens (tertiary/aromatic N) is 3. The lowest BCUT2D eigenvalue weighted by atomic mass is 9.96. The number of aryl methyl sites for hydroxylation is 3. The minimum atomic E-state index is -0.482. The largest absolute Gasteiger partial charge is 0.489 e. The molecule has 0 spiro atoms. The molecule has 206 valence electrons. The molecule has 1 aliphatic heterocycles. The van der Waals surface area contributed by atoms with Crippen LogP contribution in [0.25, 0.3) is 0 Å². The SMILES string of the molecule is CCOC(=O)C1=C(C)Nc2nc(SCc3ccccc3)nn2C1c1ccc(OCc2cc(C)c(C)cc2C)cc1. The molecule has 0 saturated carbocycles. The van der Waals surface area contributed by atoms with Crippen LogP contribution < -0.4 is 10.1 Å². The van der Waals surface area contributed by atoms with Gasteiger partial charge in [0.25, 0.3) is 0 Å². The van der Waals surface area contributed by atoms with Crippen molar-refractivity contribution >= 4 is 23.7 Å². The number of esters is 1. The Labute approximate surface area is 239 Å². The van der Waals surface area contributed by atoms with Gasteiger partial charge >= 0.3 is 5.97 Å². The smallest absolute Gasteiger partial charge is 0.338 e. The van der Waals surface area contributed by atoms with Gasteiger partial charge in [-0.05, 0) is 80.1 Å². The van der Waals surface area contributed by atoms with Crippen molar-refractivity contribution in [3.63, 3.8) is 0 Å². The Morgan fingerprint density at radius 1 is 0.975 bits per heavy atom. The fraction of sp³-hybridized carbons (Fsp3) is 0.281. The molecule has 2 heterocycles. The molecule has 7 nitrogen and oxygen atoms in total. The van der Waals surface area contributed by atoms with E-state index >= 15 is 0 Å². The van der Waals surface area contributed by atoms with Gasteiger partial charge < -0.3 is 14.8 Å². The van der Waals surface area contributed by atoms with Gasteiger partial charge in [-0.1, -0.05) is 66.4 Å². The quantitative estimate of drug-likeness (QED) is 0.178. The fourth-order valence-corrected chi connectivity index (χ4v) is 5.56. The molecule has 0 fully saturated rings. The van der Waals surface area contributed by atoms with E-state index in [9.17, 15) is 4.79 Å². The Hall–Kier alpha value is -4.04. The van der Waals surface area contributed by atoms with Crippen molar-refractivity contribution in [2.45, 2.75) is 58.2 Å². The molecule has 0 saturated heterocycles. The van der Waals surface area contributed by atoms with Crippen LogP contribution in [-0.2, 0) is 21.9 Å². The van der Waals surface area contributed by atoms with Crippen LogP contribution in [0.15, 0.2) is 83.2 Å². The second-order valence-electron chi connectivity index (χ2n) is 9.94. The van der Waals surface area contributed by atoms with Crippen molar-refractivity contribution < 1.29 is 14.3 Å². The number of hydrogen-bond acceptors (Lipinski definition) is 7. The average molecular weight is 555 g/mol. The maximum Gasteiger partial charge on any atom is 0.338 e. The molecule has 1 atom stereocenters. The number of hydrogen-bond donors (Lipinski definition) is 1. The first-order valence-corrected chi connectivity index (χ1v) is 14.4. The number of anilines is 1. The molecule has 1 N–H and O–H groups in total. The molecule has 40 heavy (non-hydrogen) atoms. The summed E-state index contributed by atoms with van der Waals surface area (Å²) in [4.78, 5) is 17.8. The highest BCUT2D eigenvalue weighted by atomic mass is 32.2. The topological polar surface area (TPSA) is 78.3 Å². The highest BCUT2D eigenvalue weighted by molar-refractivity contribution is 7.98. The summed E-state index contributed by atoms with van der Waals surface area (Å²) in [5.41, 5.74) is 8.22. The first kappa shape index (κ1) is 27.5. The second kappa shape index (κ2) is 12.0. The van der Waals surface area contributed by atoms with E-state index in [-0.39, 0.29) is 12.6 Å². The summed E-state index contributed by atoms with van der Waals surface area (Å²) in [6.45, 7) is 10.8. The monoisotopic (exact) mass is 554 g/mol. The lowest BCUT2D eigenvalue weighted by molar-refractivity contribution is -0.139. The van der Waals surface area contributed by atoms with Crippen LogP contribution in [0.5, 0.6) is 5.75 Å². The molecule has 0 radical (unpaired) electrons. The minimum absolute atomic E-state index is 0.287. The zero-order chi connectivity index (χ0) is 28.2. The van der Waals surface area contributed by atoms with E-state index in [4.69, 9.17) is 19.6 Å².